The van der Waals surface area contributed by atoms with E-state index >= 15 is 0 Å². The lowest BCUT2D eigenvalue weighted by atomic mass is 10.0. The van der Waals surface area contributed by atoms with Gasteiger partial charge in [0.05, 0.1) is 0 Å². The summed E-state index contributed by atoms with van der Waals surface area (Å²) in [5.41, 5.74) is 2.79. The van der Waals surface area contributed by atoms with E-state index in [9.17, 15) is 0 Å². The predicted octanol–water partition coefficient (Wildman–Crippen LogP) is 3.34. The second-order valence-corrected chi connectivity index (χ2v) is 4.22. The first kappa shape index (κ1) is 9.37. The van der Waals surface area contributed by atoms with Crippen LogP contribution in [0.4, 0.5) is 0 Å². The number of aromatic amines is 1. The van der Waals surface area contributed by atoms with Gasteiger partial charge >= 0.3 is 0 Å². The van der Waals surface area contributed by atoms with Crippen LogP contribution in [0, 0.1) is 5.92 Å². The number of rotatable bonds is 3. The van der Waals surface area contributed by atoms with Gasteiger partial charge < -0.3 is 4.98 Å². The molecule has 0 saturated carbocycles. The second-order valence-electron chi connectivity index (χ2n) is 4.22. The van der Waals surface area contributed by atoms with E-state index in [-0.39, 0.29) is 0 Å². The standard InChI is InChI=1S/C11H19N/c1-8(2)5-10-6-11(9(3)4)12-7-10/h6-9,12H,5H2,1-4H3. The predicted molar refractivity (Wildman–Crippen MR) is 53.4 cm³/mol. The van der Waals surface area contributed by atoms with Crippen molar-refractivity contribution >= 4 is 0 Å². The van der Waals surface area contributed by atoms with Crippen molar-refractivity contribution in [1.29, 1.82) is 0 Å². The van der Waals surface area contributed by atoms with Crippen LogP contribution >= 0.6 is 0 Å². The Bertz CT molecular complexity index is 233. The van der Waals surface area contributed by atoms with Crippen molar-refractivity contribution in [3.8, 4) is 0 Å². The third-order valence-corrected chi connectivity index (χ3v) is 2.03. The third kappa shape index (κ3) is 2.40. The Hall–Kier alpha value is -0.720. The molecule has 0 unspecified atom stereocenters. The maximum Gasteiger partial charge on any atom is 0.0175 e. The van der Waals surface area contributed by atoms with Crippen LogP contribution in [-0.2, 0) is 6.42 Å². The van der Waals surface area contributed by atoms with Crippen LogP contribution in [0.5, 0.6) is 0 Å². The first-order chi connectivity index (χ1) is 5.59. The Kier molecular flexibility index (Phi) is 2.96. The Balaban J connectivity index is 2.64. The van der Waals surface area contributed by atoms with Gasteiger partial charge in [0, 0.05) is 11.9 Å². The highest BCUT2D eigenvalue weighted by atomic mass is 14.7. The van der Waals surface area contributed by atoms with Crippen molar-refractivity contribution in [2.24, 2.45) is 5.92 Å². The molecule has 0 aliphatic carbocycles. The minimum absolute atomic E-state index is 0.617. The number of aromatic nitrogens is 1. The van der Waals surface area contributed by atoms with E-state index in [0.29, 0.717) is 5.92 Å². The van der Waals surface area contributed by atoms with E-state index in [0.717, 1.165) is 5.92 Å². The summed E-state index contributed by atoms with van der Waals surface area (Å²) >= 11 is 0. The summed E-state index contributed by atoms with van der Waals surface area (Å²) in [5.74, 6) is 1.37. The van der Waals surface area contributed by atoms with Gasteiger partial charge in [-0.05, 0) is 29.9 Å². The Labute approximate surface area is 75.2 Å². The van der Waals surface area contributed by atoms with Crippen LogP contribution in [0.15, 0.2) is 12.3 Å². The Morgan fingerprint density at radius 2 is 1.92 bits per heavy atom. The fraction of sp³-hybridized carbons (Fsp3) is 0.636. The maximum atomic E-state index is 3.31. The summed E-state index contributed by atoms with van der Waals surface area (Å²) in [4.78, 5) is 3.31. The molecule has 1 nitrogen and oxygen atoms in total. The molecule has 1 heteroatoms. The molecule has 0 spiro atoms. The highest BCUT2D eigenvalue weighted by Crippen LogP contribution is 2.16. The zero-order valence-electron chi connectivity index (χ0n) is 8.52. The van der Waals surface area contributed by atoms with Crippen molar-refractivity contribution in [1.82, 2.24) is 4.98 Å². The fourth-order valence-electron chi connectivity index (χ4n) is 1.38. The third-order valence-electron chi connectivity index (χ3n) is 2.03. The Morgan fingerprint density at radius 3 is 2.33 bits per heavy atom. The van der Waals surface area contributed by atoms with Gasteiger partial charge in [0.15, 0.2) is 0 Å². The van der Waals surface area contributed by atoms with E-state index in [1.807, 2.05) is 0 Å². The van der Waals surface area contributed by atoms with Gasteiger partial charge in [-0.25, -0.2) is 0 Å². The van der Waals surface area contributed by atoms with Gasteiger partial charge in [-0.1, -0.05) is 27.7 Å². The lowest BCUT2D eigenvalue weighted by molar-refractivity contribution is 0.647. The molecule has 0 aliphatic heterocycles. The summed E-state index contributed by atoms with van der Waals surface area (Å²) in [7, 11) is 0. The Morgan fingerprint density at radius 1 is 1.25 bits per heavy atom. The van der Waals surface area contributed by atoms with Crippen molar-refractivity contribution in [2.75, 3.05) is 0 Å². The first-order valence-electron chi connectivity index (χ1n) is 4.76. The monoisotopic (exact) mass is 165 g/mol. The molecule has 1 aromatic heterocycles. The highest BCUT2D eigenvalue weighted by Gasteiger charge is 2.03. The molecule has 1 heterocycles. The minimum atomic E-state index is 0.617. The molecule has 1 aromatic rings. The molecule has 12 heavy (non-hydrogen) atoms. The average Bonchev–Trinajstić information content (AvgIpc) is 2.34. The maximum absolute atomic E-state index is 3.31. The van der Waals surface area contributed by atoms with Crippen LogP contribution in [-0.4, -0.2) is 4.98 Å². The molecular formula is C11H19N. The molecule has 0 aromatic carbocycles. The van der Waals surface area contributed by atoms with E-state index in [2.05, 4.69) is 44.9 Å². The number of H-pyrrole nitrogens is 1. The number of hydrogen-bond donors (Lipinski definition) is 1. The zero-order valence-corrected chi connectivity index (χ0v) is 8.52. The van der Waals surface area contributed by atoms with Crippen molar-refractivity contribution < 1.29 is 0 Å². The number of hydrogen-bond acceptors (Lipinski definition) is 0. The van der Waals surface area contributed by atoms with E-state index in [1.165, 1.54) is 17.7 Å². The van der Waals surface area contributed by atoms with Gasteiger partial charge in [0.2, 0.25) is 0 Å². The lowest BCUT2D eigenvalue weighted by Gasteiger charge is -2.00. The van der Waals surface area contributed by atoms with Crippen LogP contribution < -0.4 is 0 Å². The molecule has 0 atom stereocenters. The second kappa shape index (κ2) is 3.79. The van der Waals surface area contributed by atoms with Crippen molar-refractivity contribution in [3.63, 3.8) is 0 Å². The number of nitrogens with one attached hydrogen (secondary N) is 1. The highest BCUT2D eigenvalue weighted by molar-refractivity contribution is 5.19. The summed E-state index contributed by atoms with van der Waals surface area (Å²) in [6, 6.07) is 2.28. The molecule has 0 amide bonds. The topological polar surface area (TPSA) is 15.8 Å². The molecule has 1 rings (SSSR count). The summed E-state index contributed by atoms with van der Waals surface area (Å²) < 4.78 is 0. The normalized spacial score (nSPS) is 11.5. The zero-order chi connectivity index (χ0) is 9.14. The largest absolute Gasteiger partial charge is 0.365 e. The average molecular weight is 165 g/mol. The molecular weight excluding hydrogens is 146 g/mol. The van der Waals surface area contributed by atoms with Crippen LogP contribution in [0.2, 0.25) is 0 Å². The lowest BCUT2D eigenvalue weighted by Crippen LogP contribution is -1.91. The van der Waals surface area contributed by atoms with E-state index in [1.54, 1.807) is 0 Å². The van der Waals surface area contributed by atoms with Crippen LogP contribution in [0.3, 0.4) is 0 Å². The molecule has 0 fully saturated rings. The molecule has 1 N–H and O–H groups in total. The van der Waals surface area contributed by atoms with E-state index < -0.39 is 0 Å². The molecule has 0 bridgehead atoms. The summed E-state index contributed by atoms with van der Waals surface area (Å²) in [6.45, 7) is 8.93. The summed E-state index contributed by atoms with van der Waals surface area (Å²) in [5, 5.41) is 0. The van der Waals surface area contributed by atoms with E-state index in [4.69, 9.17) is 0 Å². The molecule has 68 valence electrons. The minimum Gasteiger partial charge on any atom is -0.365 e. The first-order valence-corrected chi connectivity index (χ1v) is 4.76. The van der Waals surface area contributed by atoms with Crippen molar-refractivity contribution in [3.05, 3.63) is 23.5 Å². The smallest absolute Gasteiger partial charge is 0.0175 e. The van der Waals surface area contributed by atoms with Crippen LogP contribution in [0.1, 0.15) is 44.9 Å². The van der Waals surface area contributed by atoms with Crippen molar-refractivity contribution in [2.45, 2.75) is 40.0 Å². The fourth-order valence-corrected chi connectivity index (χ4v) is 1.38. The van der Waals surface area contributed by atoms with Crippen LogP contribution in [0.25, 0.3) is 0 Å². The van der Waals surface area contributed by atoms with Gasteiger partial charge in [-0.15, -0.1) is 0 Å². The van der Waals surface area contributed by atoms with Gasteiger partial charge in [0.1, 0.15) is 0 Å². The summed E-state index contributed by atoms with van der Waals surface area (Å²) in [6.07, 6.45) is 3.32. The SMILES string of the molecule is CC(C)Cc1c[nH]c(C(C)C)c1. The molecule has 0 aliphatic rings. The van der Waals surface area contributed by atoms with Gasteiger partial charge in [0.25, 0.3) is 0 Å². The quantitative estimate of drug-likeness (QED) is 0.707. The van der Waals surface area contributed by atoms with Gasteiger partial charge in [-0.3, -0.25) is 0 Å². The van der Waals surface area contributed by atoms with Gasteiger partial charge in [-0.2, -0.15) is 0 Å². The molecule has 0 radical (unpaired) electrons. The molecule has 0 saturated heterocycles.